The van der Waals surface area contributed by atoms with Crippen molar-refractivity contribution in [2.75, 3.05) is 13.2 Å². The molecule has 1 aliphatic heterocycles. The van der Waals surface area contributed by atoms with Crippen molar-refractivity contribution in [3.05, 3.63) is 48.5 Å². The lowest BCUT2D eigenvalue weighted by Crippen LogP contribution is -2.11. The summed E-state index contributed by atoms with van der Waals surface area (Å²) < 4.78 is 12.7. The van der Waals surface area contributed by atoms with Gasteiger partial charge in [-0.15, -0.1) is 0 Å². The molecule has 0 saturated carbocycles. The van der Waals surface area contributed by atoms with Crippen LogP contribution in [-0.4, -0.2) is 34.0 Å². The lowest BCUT2D eigenvalue weighted by Gasteiger charge is -2.11. The highest BCUT2D eigenvalue weighted by Crippen LogP contribution is 2.34. The van der Waals surface area contributed by atoms with Crippen molar-refractivity contribution in [3.63, 3.8) is 0 Å². The Labute approximate surface area is 150 Å². The Kier molecular flexibility index (Phi) is 4.36. The van der Waals surface area contributed by atoms with Crippen molar-refractivity contribution in [2.24, 2.45) is 0 Å². The molecule has 0 bridgehead atoms. The molecule has 1 fully saturated rings. The number of thioether (sulfide) groups is 1. The van der Waals surface area contributed by atoms with Crippen molar-refractivity contribution >= 4 is 28.8 Å². The van der Waals surface area contributed by atoms with E-state index in [-0.39, 0.29) is 11.2 Å². The number of carbonyl (C=O) groups excluding carboxylic acids is 1. The SMILES string of the molecule is CCOc1ccc(-n2c(SC3CCOC3=O)nc3ccccc32)cc1. The van der Waals surface area contributed by atoms with Crippen LogP contribution >= 0.6 is 11.8 Å². The first-order chi connectivity index (χ1) is 12.3. The van der Waals surface area contributed by atoms with Crippen LogP contribution in [0.3, 0.4) is 0 Å². The van der Waals surface area contributed by atoms with Gasteiger partial charge >= 0.3 is 5.97 Å². The Morgan fingerprint density at radius 1 is 1.24 bits per heavy atom. The average Bonchev–Trinajstić information content (AvgIpc) is 3.20. The molecule has 0 N–H and O–H groups in total. The van der Waals surface area contributed by atoms with Gasteiger partial charge in [-0.3, -0.25) is 9.36 Å². The lowest BCUT2D eigenvalue weighted by molar-refractivity contribution is -0.137. The third-order valence-electron chi connectivity index (χ3n) is 4.07. The largest absolute Gasteiger partial charge is 0.494 e. The molecule has 1 unspecified atom stereocenters. The monoisotopic (exact) mass is 354 g/mol. The maximum Gasteiger partial charge on any atom is 0.319 e. The van der Waals surface area contributed by atoms with Gasteiger partial charge in [-0.05, 0) is 43.3 Å². The van der Waals surface area contributed by atoms with E-state index in [1.54, 1.807) is 0 Å². The first-order valence-electron chi connectivity index (χ1n) is 8.30. The van der Waals surface area contributed by atoms with Crippen molar-refractivity contribution in [1.29, 1.82) is 0 Å². The first kappa shape index (κ1) is 16.0. The second kappa shape index (κ2) is 6.80. The fourth-order valence-electron chi connectivity index (χ4n) is 2.90. The van der Waals surface area contributed by atoms with E-state index < -0.39 is 0 Å². The standard InChI is InChI=1S/C19H18N2O3S/c1-2-23-14-9-7-13(8-10-14)21-16-6-4-3-5-15(16)20-19(21)25-17-11-12-24-18(17)22/h3-10,17H,2,11-12H2,1H3. The van der Waals surface area contributed by atoms with Crippen LogP contribution < -0.4 is 4.74 Å². The number of benzene rings is 2. The molecule has 1 aliphatic rings. The summed E-state index contributed by atoms with van der Waals surface area (Å²) in [6.45, 7) is 3.09. The number of imidazole rings is 1. The molecule has 5 nitrogen and oxygen atoms in total. The second-order valence-electron chi connectivity index (χ2n) is 5.71. The van der Waals surface area contributed by atoms with E-state index in [4.69, 9.17) is 14.5 Å². The summed E-state index contributed by atoms with van der Waals surface area (Å²) >= 11 is 1.47. The molecule has 0 aliphatic carbocycles. The Hall–Kier alpha value is -2.47. The molecular formula is C19H18N2O3S. The Morgan fingerprint density at radius 3 is 2.76 bits per heavy atom. The van der Waals surface area contributed by atoms with Crippen LogP contribution in [0.2, 0.25) is 0 Å². The van der Waals surface area contributed by atoms with Gasteiger partial charge < -0.3 is 9.47 Å². The Morgan fingerprint density at radius 2 is 2.04 bits per heavy atom. The number of rotatable bonds is 5. The van der Waals surface area contributed by atoms with E-state index in [2.05, 4.69) is 4.57 Å². The topological polar surface area (TPSA) is 53.4 Å². The van der Waals surface area contributed by atoms with Gasteiger partial charge in [-0.2, -0.15) is 0 Å². The molecular weight excluding hydrogens is 336 g/mol. The second-order valence-corrected chi connectivity index (χ2v) is 6.88. The highest BCUT2D eigenvalue weighted by atomic mass is 32.2. The molecule has 6 heteroatoms. The number of aromatic nitrogens is 2. The van der Waals surface area contributed by atoms with Gasteiger partial charge in [0.2, 0.25) is 0 Å². The first-order valence-corrected chi connectivity index (χ1v) is 9.18. The maximum atomic E-state index is 11.9. The van der Waals surface area contributed by atoms with Gasteiger partial charge in [0.1, 0.15) is 11.0 Å². The summed E-state index contributed by atoms with van der Waals surface area (Å²) in [6.07, 6.45) is 0.718. The molecule has 1 aromatic heterocycles. The summed E-state index contributed by atoms with van der Waals surface area (Å²) in [5.41, 5.74) is 2.91. The number of para-hydroxylation sites is 2. The Balaban J connectivity index is 1.77. The van der Waals surface area contributed by atoms with Gasteiger partial charge in [0.05, 0.1) is 24.2 Å². The molecule has 3 aromatic rings. The summed E-state index contributed by atoms with van der Waals surface area (Å²) in [4.78, 5) is 16.6. The van der Waals surface area contributed by atoms with E-state index in [1.807, 2.05) is 55.5 Å². The third kappa shape index (κ3) is 3.09. The van der Waals surface area contributed by atoms with Crippen LogP contribution in [0.4, 0.5) is 0 Å². The smallest absolute Gasteiger partial charge is 0.319 e. The molecule has 0 spiro atoms. The molecule has 4 rings (SSSR count). The summed E-state index contributed by atoms with van der Waals surface area (Å²) in [5.74, 6) is 0.680. The van der Waals surface area contributed by atoms with Crippen molar-refractivity contribution in [2.45, 2.75) is 23.8 Å². The summed E-state index contributed by atoms with van der Waals surface area (Å²) in [7, 11) is 0. The zero-order chi connectivity index (χ0) is 17.2. The van der Waals surface area contributed by atoms with Crippen molar-refractivity contribution in [3.8, 4) is 11.4 Å². The number of nitrogens with zero attached hydrogens (tertiary/aromatic N) is 2. The molecule has 0 amide bonds. The highest BCUT2D eigenvalue weighted by Gasteiger charge is 2.29. The number of fused-ring (bicyclic) bond motifs is 1. The quantitative estimate of drug-likeness (QED) is 0.652. The van der Waals surface area contributed by atoms with Gasteiger partial charge in [-0.25, -0.2) is 4.98 Å². The van der Waals surface area contributed by atoms with Gasteiger partial charge in [-0.1, -0.05) is 23.9 Å². The Bertz CT molecular complexity index is 905. The highest BCUT2D eigenvalue weighted by molar-refractivity contribution is 8.00. The molecule has 25 heavy (non-hydrogen) atoms. The van der Waals surface area contributed by atoms with Crippen LogP contribution in [-0.2, 0) is 9.53 Å². The van der Waals surface area contributed by atoms with Crippen LogP contribution in [0.25, 0.3) is 16.7 Å². The van der Waals surface area contributed by atoms with Gasteiger partial charge in [0.25, 0.3) is 0 Å². The fraction of sp³-hybridized carbons (Fsp3) is 0.263. The molecule has 0 radical (unpaired) electrons. The number of ether oxygens (including phenoxy) is 2. The molecule has 1 atom stereocenters. The predicted molar refractivity (Wildman–Crippen MR) is 97.5 cm³/mol. The summed E-state index contributed by atoms with van der Waals surface area (Å²) in [5, 5.41) is 0.604. The normalized spacial score (nSPS) is 17.0. The number of carbonyl (C=O) groups is 1. The number of hydrogen-bond donors (Lipinski definition) is 0. The predicted octanol–water partition coefficient (Wildman–Crippen LogP) is 3.83. The number of cyclic esters (lactones) is 1. The third-order valence-corrected chi connectivity index (χ3v) is 5.27. The van der Waals surface area contributed by atoms with Crippen LogP contribution in [0, 0.1) is 0 Å². The lowest BCUT2D eigenvalue weighted by atomic mass is 10.2. The maximum absolute atomic E-state index is 11.9. The van der Waals surface area contributed by atoms with E-state index in [9.17, 15) is 4.79 Å². The van der Waals surface area contributed by atoms with Crippen molar-refractivity contribution in [1.82, 2.24) is 9.55 Å². The molecule has 1 saturated heterocycles. The number of hydrogen-bond acceptors (Lipinski definition) is 5. The minimum Gasteiger partial charge on any atom is -0.494 e. The zero-order valence-corrected chi connectivity index (χ0v) is 14.7. The van der Waals surface area contributed by atoms with E-state index in [1.165, 1.54) is 11.8 Å². The zero-order valence-electron chi connectivity index (χ0n) is 13.8. The fourth-order valence-corrected chi connectivity index (χ4v) is 4.00. The molecule has 2 aromatic carbocycles. The molecule has 2 heterocycles. The minimum absolute atomic E-state index is 0.157. The van der Waals surface area contributed by atoms with Crippen molar-refractivity contribution < 1.29 is 14.3 Å². The van der Waals surface area contributed by atoms with E-state index in [0.717, 1.165) is 34.0 Å². The van der Waals surface area contributed by atoms with Crippen LogP contribution in [0.5, 0.6) is 5.75 Å². The average molecular weight is 354 g/mol. The van der Waals surface area contributed by atoms with Crippen LogP contribution in [0.15, 0.2) is 53.7 Å². The van der Waals surface area contributed by atoms with Gasteiger partial charge in [0, 0.05) is 12.1 Å². The van der Waals surface area contributed by atoms with E-state index in [0.29, 0.717) is 13.2 Å². The summed E-state index contributed by atoms with van der Waals surface area (Å²) in [6, 6.07) is 15.9. The minimum atomic E-state index is -0.196. The molecule has 128 valence electrons. The van der Waals surface area contributed by atoms with E-state index >= 15 is 0 Å². The number of esters is 1. The van der Waals surface area contributed by atoms with Gasteiger partial charge in [0.15, 0.2) is 5.16 Å². The van der Waals surface area contributed by atoms with Crippen LogP contribution in [0.1, 0.15) is 13.3 Å².